The molecule has 3 rings (SSSR count). The molecule has 0 atom stereocenters. The number of aromatic nitrogens is 2. The Balaban J connectivity index is 1.76. The first-order valence-corrected chi connectivity index (χ1v) is 12.3. The molecule has 0 aliphatic heterocycles. The predicted octanol–water partition coefficient (Wildman–Crippen LogP) is 6.00. The van der Waals surface area contributed by atoms with Gasteiger partial charge in [-0.25, -0.2) is 9.48 Å². The molecule has 1 aromatic heterocycles. The molecule has 186 valence electrons. The van der Waals surface area contributed by atoms with Gasteiger partial charge in [-0.1, -0.05) is 71.4 Å². The third-order valence-electron chi connectivity index (χ3n) is 5.76. The number of aryl methyl sites for hydroxylation is 1. The molecule has 35 heavy (non-hydrogen) atoms. The fraction of sp³-hybridized carbons (Fsp3) is 0.393. The molecular formula is C28H37N5O2. The van der Waals surface area contributed by atoms with Crippen LogP contribution < -0.4 is 10.6 Å². The second-order valence-electron chi connectivity index (χ2n) is 9.72. The zero-order valence-corrected chi connectivity index (χ0v) is 21.5. The Bertz CT molecular complexity index is 1110. The molecule has 0 fully saturated rings. The summed E-state index contributed by atoms with van der Waals surface area (Å²) >= 11 is 0. The van der Waals surface area contributed by atoms with Crippen molar-refractivity contribution in [3.05, 3.63) is 71.9 Å². The lowest BCUT2D eigenvalue weighted by molar-refractivity contribution is -0.116. The summed E-state index contributed by atoms with van der Waals surface area (Å²) in [5.41, 5.74) is 3.46. The molecule has 0 radical (unpaired) electrons. The van der Waals surface area contributed by atoms with E-state index in [0.29, 0.717) is 18.1 Å². The van der Waals surface area contributed by atoms with Gasteiger partial charge in [-0.2, -0.15) is 5.10 Å². The second kappa shape index (κ2) is 11.7. The Morgan fingerprint density at radius 2 is 1.66 bits per heavy atom. The minimum Gasteiger partial charge on any atom is -0.315 e. The first kappa shape index (κ1) is 26.0. The summed E-state index contributed by atoms with van der Waals surface area (Å²) in [5.74, 6) is 0.312. The van der Waals surface area contributed by atoms with E-state index in [2.05, 4.69) is 45.3 Å². The highest BCUT2D eigenvalue weighted by Gasteiger charge is 2.23. The van der Waals surface area contributed by atoms with Crippen LogP contribution in [0.3, 0.4) is 0 Å². The molecule has 2 aromatic carbocycles. The van der Waals surface area contributed by atoms with Crippen molar-refractivity contribution < 1.29 is 9.59 Å². The van der Waals surface area contributed by atoms with Crippen LogP contribution >= 0.6 is 0 Å². The van der Waals surface area contributed by atoms with Gasteiger partial charge in [0.15, 0.2) is 0 Å². The molecule has 3 amide bonds. The molecule has 0 saturated heterocycles. The van der Waals surface area contributed by atoms with Crippen molar-refractivity contribution in [2.45, 2.75) is 59.3 Å². The Morgan fingerprint density at radius 3 is 2.26 bits per heavy atom. The van der Waals surface area contributed by atoms with Crippen molar-refractivity contribution in [1.29, 1.82) is 0 Å². The van der Waals surface area contributed by atoms with Gasteiger partial charge in [0.2, 0.25) is 5.91 Å². The summed E-state index contributed by atoms with van der Waals surface area (Å²) in [4.78, 5) is 27.7. The Kier molecular flexibility index (Phi) is 8.68. The molecule has 0 saturated carbocycles. The molecule has 7 heteroatoms. The minimum atomic E-state index is -0.287. The zero-order valence-electron chi connectivity index (χ0n) is 21.5. The van der Waals surface area contributed by atoms with Gasteiger partial charge >= 0.3 is 6.03 Å². The molecule has 0 unspecified atom stereocenters. The average molecular weight is 476 g/mol. The molecular weight excluding hydrogens is 438 g/mol. The van der Waals surface area contributed by atoms with E-state index in [1.54, 1.807) is 9.58 Å². The van der Waals surface area contributed by atoms with Gasteiger partial charge in [-0.05, 0) is 42.7 Å². The Labute approximate surface area is 208 Å². The van der Waals surface area contributed by atoms with E-state index in [1.165, 1.54) is 5.56 Å². The molecule has 0 aliphatic carbocycles. The summed E-state index contributed by atoms with van der Waals surface area (Å²) in [7, 11) is 0. The molecule has 0 aliphatic rings. The van der Waals surface area contributed by atoms with Gasteiger partial charge in [0.05, 0.1) is 11.4 Å². The van der Waals surface area contributed by atoms with Crippen molar-refractivity contribution >= 4 is 23.4 Å². The normalized spacial score (nSPS) is 11.2. The highest BCUT2D eigenvalue weighted by atomic mass is 16.2. The number of hydrogen-bond donors (Lipinski definition) is 2. The SMILES string of the molecule is CCCCN(CC(=O)Nc1cc(C(C)(C)C)nn1-c1ccccc1)C(=O)Nc1ccc(CC)cc1. The first-order chi connectivity index (χ1) is 16.7. The molecule has 1 heterocycles. The highest BCUT2D eigenvalue weighted by Crippen LogP contribution is 2.26. The maximum atomic E-state index is 13.1. The van der Waals surface area contributed by atoms with E-state index < -0.39 is 0 Å². The molecule has 2 N–H and O–H groups in total. The topological polar surface area (TPSA) is 79.3 Å². The van der Waals surface area contributed by atoms with Crippen LogP contribution in [-0.4, -0.2) is 39.7 Å². The third kappa shape index (κ3) is 7.18. The smallest absolute Gasteiger partial charge is 0.315 e. The van der Waals surface area contributed by atoms with Crippen molar-refractivity contribution in [3.63, 3.8) is 0 Å². The monoisotopic (exact) mass is 475 g/mol. The lowest BCUT2D eigenvalue weighted by atomic mass is 9.92. The third-order valence-corrected chi connectivity index (χ3v) is 5.76. The molecule has 3 aromatic rings. The number of rotatable bonds is 9. The highest BCUT2D eigenvalue weighted by molar-refractivity contribution is 5.96. The van der Waals surface area contributed by atoms with Crippen LogP contribution in [0.5, 0.6) is 0 Å². The van der Waals surface area contributed by atoms with Gasteiger partial charge in [-0.15, -0.1) is 0 Å². The Morgan fingerprint density at radius 1 is 0.971 bits per heavy atom. The van der Waals surface area contributed by atoms with E-state index in [0.717, 1.165) is 30.6 Å². The Hall–Kier alpha value is -3.61. The number of carbonyl (C=O) groups is 2. The molecule has 0 spiro atoms. The molecule has 7 nitrogen and oxygen atoms in total. The second-order valence-corrected chi connectivity index (χ2v) is 9.72. The van der Waals surface area contributed by atoms with Crippen LogP contribution in [0, 0.1) is 0 Å². The van der Waals surface area contributed by atoms with E-state index in [4.69, 9.17) is 5.10 Å². The van der Waals surface area contributed by atoms with Gasteiger partial charge in [0, 0.05) is 23.7 Å². The van der Waals surface area contributed by atoms with E-state index >= 15 is 0 Å². The summed E-state index contributed by atoms with van der Waals surface area (Å²) < 4.78 is 1.74. The quantitative estimate of drug-likeness (QED) is 0.398. The van der Waals surface area contributed by atoms with Crippen LogP contribution in [-0.2, 0) is 16.6 Å². The number of benzene rings is 2. The van der Waals surface area contributed by atoms with E-state index in [9.17, 15) is 9.59 Å². The average Bonchev–Trinajstić information content (AvgIpc) is 3.27. The van der Waals surface area contributed by atoms with E-state index in [1.807, 2.05) is 60.7 Å². The minimum absolute atomic E-state index is 0.0519. The standard InChI is InChI=1S/C28H37N5O2/c1-6-8-18-32(27(35)29-22-16-14-21(7-2)15-17-22)20-26(34)30-25-19-24(28(3,4)5)31-33(25)23-12-10-9-11-13-23/h9-17,19H,6-8,18,20H2,1-5H3,(H,29,35)(H,30,34). The van der Waals surface area contributed by atoms with Crippen LogP contribution in [0.15, 0.2) is 60.7 Å². The van der Waals surface area contributed by atoms with Crippen LogP contribution in [0.4, 0.5) is 16.3 Å². The van der Waals surface area contributed by atoms with E-state index in [-0.39, 0.29) is 23.9 Å². The van der Waals surface area contributed by atoms with Crippen molar-refractivity contribution in [3.8, 4) is 5.69 Å². The van der Waals surface area contributed by atoms with Crippen molar-refractivity contribution in [1.82, 2.24) is 14.7 Å². The number of para-hydroxylation sites is 1. The van der Waals surface area contributed by atoms with Crippen LogP contribution in [0.25, 0.3) is 5.69 Å². The number of amides is 3. The van der Waals surface area contributed by atoms with Crippen LogP contribution in [0.1, 0.15) is 58.7 Å². The number of nitrogens with one attached hydrogen (secondary N) is 2. The summed E-state index contributed by atoms with van der Waals surface area (Å²) in [6.07, 6.45) is 2.67. The summed E-state index contributed by atoms with van der Waals surface area (Å²) in [6.45, 7) is 10.8. The van der Waals surface area contributed by atoms with Gasteiger partial charge < -0.3 is 15.5 Å². The zero-order chi connectivity index (χ0) is 25.4. The van der Waals surface area contributed by atoms with Gasteiger partial charge in [0.25, 0.3) is 0 Å². The number of nitrogens with zero attached hydrogens (tertiary/aromatic N) is 3. The number of hydrogen-bond acceptors (Lipinski definition) is 3. The fourth-order valence-electron chi connectivity index (χ4n) is 3.59. The van der Waals surface area contributed by atoms with Crippen LogP contribution in [0.2, 0.25) is 0 Å². The fourth-order valence-corrected chi connectivity index (χ4v) is 3.59. The number of anilines is 2. The maximum absolute atomic E-state index is 13.1. The first-order valence-electron chi connectivity index (χ1n) is 12.3. The number of urea groups is 1. The lowest BCUT2D eigenvalue weighted by Crippen LogP contribution is -2.41. The molecule has 0 bridgehead atoms. The summed E-state index contributed by atoms with van der Waals surface area (Å²) in [5, 5.41) is 10.7. The number of unbranched alkanes of at least 4 members (excludes halogenated alkanes) is 1. The van der Waals surface area contributed by atoms with Gasteiger partial charge in [0.1, 0.15) is 12.4 Å². The number of carbonyl (C=O) groups excluding carboxylic acids is 2. The maximum Gasteiger partial charge on any atom is 0.322 e. The van der Waals surface area contributed by atoms with Gasteiger partial charge in [-0.3, -0.25) is 4.79 Å². The van der Waals surface area contributed by atoms with Crippen molar-refractivity contribution in [2.24, 2.45) is 0 Å². The predicted molar refractivity (Wildman–Crippen MR) is 142 cm³/mol. The van der Waals surface area contributed by atoms with Crippen molar-refractivity contribution in [2.75, 3.05) is 23.7 Å². The largest absolute Gasteiger partial charge is 0.322 e. The lowest BCUT2D eigenvalue weighted by Gasteiger charge is -2.22. The summed E-state index contributed by atoms with van der Waals surface area (Å²) in [6, 6.07) is 19.1.